The predicted octanol–water partition coefficient (Wildman–Crippen LogP) is 4.82. The molecule has 2 aromatic heterocycles. The van der Waals surface area contributed by atoms with Crippen LogP contribution in [0.4, 0.5) is 5.95 Å². The normalized spacial score (nSPS) is 11.1. The van der Waals surface area contributed by atoms with Crippen LogP contribution < -0.4 is 16.1 Å². The highest BCUT2D eigenvalue weighted by Gasteiger charge is 2.20. The van der Waals surface area contributed by atoms with E-state index >= 15 is 0 Å². The number of methoxy groups -OCH3 is 1. The lowest BCUT2D eigenvalue weighted by molar-refractivity contribution is 0.408. The number of anilines is 1. The summed E-state index contributed by atoms with van der Waals surface area (Å²) in [4.78, 5) is 21.4. The fourth-order valence-corrected chi connectivity index (χ4v) is 4.50. The Kier molecular flexibility index (Phi) is 5.77. The Morgan fingerprint density at radius 2 is 1.81 bits per heavy atom. The molecule has 0 fully saturated rings. The third-order valence-corrected chi connectivity index (χ3v) is 6.11. The number of nitrogens with two attached hydrogens (primary N) is 1. The first kappa shape index (κ1) is 22.9. The Morgan fingerprint density at radius 3 is 2.53 bits per heavy atom. The number of rotatable bonds is 5. The summed E-state index contributed by atoms with van der Waals surface area (Å²) in [6, 6.07) is 17.2. The number of aromatic hydroxyl groups is 2. The molecule has 0 aliphatic rings. The van der Waals surface area contributed by atoms with Crippen LogP contribution in [-0.4, -0.2) is 27.3 Å². The van der Waals surface area contributed by atoms with Crippen LogP contribution in [0, 0.1) is 6.92 Å². The smallest absolute Gasteiger partial charge is 0.344 e. The Bertz CT molecular complexity index is 1660. The zero-order valence-electron chi connectivity index (χ0n) is 19.6. The third-order valence-electron chi connectivity index (χ3n) is 6.11. The van der Waals surface area contributed by atoms with Gasteiger partial charge in [0.25, 0.3) is 0 Å². The summed E-state index contributed by atoms with van der Waals surface area (Å²) in [6.07, 6.45) is 1.86. The second-order valence-electron chi connectivity index (χ2n) is 8.40. The number of phenols is 2. The molecule has 3 aromatic carbocycles. The van der Waals surface area contributed by atoms with E-state index in [2.05, 4.69) is 9.97 Å². The molecular formula is C28H23N3O5. The van der Waals surface area contributed by atoms with Crippen LogP contribution in [0.5, 0.6) is 17.2 Å². The second-order valence-corrected chi connectivity index (χ2v) is 8.40. The molecule has 0 atom stereocenters. The van der Waals surface area contributed by atoms with Gasteiger partial charge < -0.3 is 25.1 Å². The molecule has 8 heteroatoms. The van der Waals surface area contributed by atoms with Gasteiger partial charge in [0.15, 0.2) is 0 Å². The Hall–Kier alpha value is -4.85. The summed E-state index contributed by atoms with van der Waals surface area (Å²) in [5.74, 6) is 0.483. The summed E-state index contributed by atoms with van der Waals surface area (Å²) in [7, 11) is 1.51. The number of aromatic nitrogens is 2. The topological polar surface area (TPSA) is 132 Å². The first-order valence-electron chi connectivity index (χ1n) is 11.2. The number of hydrogen-bond donors (Lipinski definition) is 3. The summed E-state index contributed by atoms with van der Waals surface area (Å²) in [5.41, 5.74) is 9.86. The van der Waals surface area contributed by atoms with Crippen molar-refractivity contribution in [1.82, 2.24) is 9.97 Å². The van der Waals surface area contributed by atoms with Crippen LogP contribution in [0.25, 0.3) is 33.4 Å². The lowest BCUT2D eigenvalue weighted by Gasteiger charge is -2.15. The van der Waals surface area contributed by atoms with Crippen molar-refractivity contribution in [3.8, 4) is 39.6 Å². The number of hydrogen-bond acceptors (Lipinski definition) is 8. The molecular weight excluding hydrogens is 458 g/mol. The minimum atomic E-state index is -0.484. The molecule has 180 valence electrons. The fourth-order valence-electron chi connectivity index (χ4n) is 4.50. The van der Waals surface area contributed by atoms with E-state index in [1.54, 1.807) is 24.4 Å². The highest BCUT2D eigenvalue weighted by Crippen LogP contribution is 2.37. The zero-order chi connectivity index (χ0) is 25.4. The highest BCUT2D eigenvalue weighted by molar-refractivity contribution is 5.91. The molecule has 36 heavy (non-hydrogen) atoms. The number of nitrogens with zero attached hydrogens (tertiary/aromatic N) is 2. The van der Waals surface area contributed by atoms with Crippen molar-refractivity contribution in [1.29, 1.82) is 0 Å². The Morgan fingerprint density at radius 1 is 1.03 bits per heavy atom. The van der Waals surface area contributed by atoms with E-state index in [0.717, 1.165) is 11.1 Å². The van der Waals surface area contributed by atoms with E-state index in [-0.39, 0.29) is 29.5 Å². The molecule has 8 nitrogen and oxygen atoms in total. The number of benzene rings is 3. The molecule has 0 amide bonds. The van der Waals surface area contributed by atoms with Crippen LogP contribution in [0.15, 0.2) is 76.1 Å². The molecule has 0 saturated heterocycles. The van der Waals surface area contributed by atoms with Gasteiger partial charge in [0.05, 0.1) is 18.4 Å². The molecule has 0 unspecified atom stereocenters. The third kappa shape index (κ3) is 4.09. The van der Waals surface area contributed by atoms with E-state index in [1.807, 2.05) is 37.3 Å². The van der Waals surface area contributed by atoms with Crippen molar-refractivity contribution in [2.75, 3.05) is 12.8 Å². The average Bonchev–Trinajstić information content (AvgIpc) is 2.85. The van der Waals surface area contributed by atoms with Gasteiger partial charge in [-0.25, -0.2) is 14.8 Å². The zero-order valence-corrected chi connectivity index (χ0v) is 19.6. The molecule has 5 aromatic rings. The van der Waals surface area contributed by atoms with Gasteiger partial charge in [-0.3, -0.25) is 0 Å². The standard InChI is InChI=1S/C28H23N3O5/c1-15-24-17(11-19(32)12-23(24)36-27(34)25(15)16-6-4-3-5-7-16)10-18-14-30-28(29)31-26(18)21-9-8-20(35-2)13-22(21)33/h3-9,11-14,32-33H,10H2,1-2H3,(H2,29,30,31). The van der Waals surface area contributed by atoms with Crippen molar-refractivity contribution in [3.05, 3.63) is 94.0 Å². The number of fused-ring (bicyclic) bond motifs is 1. The maximum atomic E-state index is 12.9. The van der Waals surface area contributed by atoms with Crippen LogP contribution in [0.2, 0.25) is 0 Å². The summed E-state index contributed by atoms with van der Waals surface area (Å²) in [6.45, 7) is 1.86. The predicted molar refractivity (Wildman–Crippen MR) is 137 cm³/mol. The van der Waals surface area contributed by atoms with Crippen molar-refractivity contribution in [2.24, 2.45) is 0 Å². The molecule has 0 spiro atoms. The van der Waals surface area contributed by atoms with Crippen molar-refractivity contribution in [2.45, 2.75) is 13.3 Å². The Labute approximate surface area is 206 Å². The van der Waals surface area contributed by atoms with Crippen LogP contribution in [0.1, 0.15) is 16.7 Å². The fraction of sp³-hybridized carbons (Fsp3) is 0.107. The molecule has 0 bridgehead atoms. The minimum Gasteiger partial charge on any atom is -0.508 e. The van der Waals surface area contributed by atoms with Gasteiger partial charge in [0.2, 0.25) is 5.95 Å². The number of phenolic OH excluding ortho intramolecular Hbond substituents is 2. The van der Waals surface area contributed by atoms with Crippen LogP contribution in [0.3, 0.4) is 0 Å². The second kappa shape index (κ2) is 9.07. The van der Waals surface area contributed by atoms with Gasteiger partial charge in [-0.15, -0.1) is 0 Å². The number of nitrogen functional groups attached to an aromatic ring is 1. The molecule has 0 aliphatic carbocycles. The molecule has 2 heterocycles. The lowest BCUT2D eigenvalue weighted by Crippen LogP contribution is -2.08. The van der Waals surface area contributed by atoms with Crippen molar-refractivity contribution in [3.63, 3.8) is 0 Å². The van der Waals surface area contributed by atoms with Gasteiger partial charge >= 0.3 is 5.63 Å². The largest absolute Gasteiger partial charge is 0.508 e. The summed E-state index contributed by atoms with van der Waals surface area (Å²) < 4.78 is 10.8. The molecule has 0 aliphatic heterocycles. The van der Waals surface area contributed by atoms with E-state index in [4.69, 9.17) is 14.9 Å². The number of aryl methyl sites for hydroxylation is 1. The van der Waals surface area contributed by atoms with Gasteiger partial charge in [-0.2, -0.15) is 0 Å². The van der Waals surface area contributed by atoms with Crippen LogP contribution in [-0.2, 0) is 6.42 Å². The summed E-state index contributed by atoms with van der Waals surface area (Å²) >= 11 is 0. The lowest BCUT2D eigenvalue weighted by atomic mass is 9.93. The minimum absolute atomic E-state index is 0.0250. The molecule has 0 saturated carbocycles. The highest BCUT2D eigenvalue weighted by atomic mass is 16.5. The maximum absolute atomic E-state index is 12.9. The van der Waals surface area contributed by atoms with E-state index in [9.17, 15) is 15.0 Å². The SMILES string of the molecule is COc1ccc(-c2nc(N)ncc2Cc2cc(O)cc3oc(=O)c(-c4ccccc4)c(C)c23)c(O)c1. The maximum Gasteiger partial charge on any atom is 0.344 e. The first-order chi connectivity index (χ1) is 17.4. The van der Waals surface area contributed by atoms with Crippen molar-refractivity contribution >= 4 is 16.9 Å². The quantitative estimate of drug-likeness (QED) is 0.305. The first-order valence-corrected chi connectivity index (χ1v) is 11.2. The Balaban J connectivity index is 1.71. The average molecular weight is 482 g/mol. The van der Waals surface area contributed by atoms with E-state index in [0.29, 0.717) is 39.1 Å². The monoisotopic (exact) mass is 481 g/mol. The van der Waals surface area contributed by atoms with E-state index < -0.39 is 5.63 Å². The van der Waals surface area contributed by atoms with Crippen LogP contribution >= 0.6 is 0 Å². The van der Waals surface area contributed by atoms with Gasteiger partial charge in [-0.1, -0.05) is 30.3 Å². The molecule has 5 rings (SSSR count). The molecule has 0 radical (unpaired) electrons. The van der Waals surface area contributed by atoms with Crippen molar-refractivity contribution < 1.29 is 19.4 Å². The summed E-state index contributed by atoms with van der Waals surface area (Å²) in [5, 5.41) is 21.8. The van der Waals surface area contributed by atoms with Gasteiger partial charge in [0, 0.05) is 41.3 Å². The van der Waals surface area contributed by atoms with Gasteiger partial charge in [0.1, 0.15) is 22.8 Å². The van der Waals surface area contributed by atoms with E-state index in [1.165, 1.54) is 19.2 Å². The van der Waals surface area contributed by atoms with Gasteiger partial charge in [-0.05, 0) is 41.8 Å². The molecule has 4 N–H and O–H groups in total. The number of ether oxygens (including phenoxy) is 1.